The highest BCUT2D eigenvalue weighted by molar-refractivity contribution is 5.81. The minimum absolute atomic E-state index is 0.0271. The molecule has 5 heteroatoms. The second kappa shape index (κ2) is 9.98. The predicted octanol–water partition coefficient (Wildman–Crippen LogP) is 3.51. The van der Waals surface area contributed by atoms with Crippen molar-refractivity contribution in [3.63, 3.8) is 0 Å². The summed E-state index contributed by atoms with van der Waals surface area (Å²) in [5.41, 5.74) is 12.0. The highest BCUT2D eigenvalue weighted by atomic mass is 15.3. The van der Waals surface area contributed by atoms with Crippen LogP contribution < -0.4 is 21.7 Å². The molecule has 5 N–H and O–H groups in total. The minimum atomic E-state index is -0.251. The quantitative estimate of drug-likeness (QED) is 0.364. The molecule has 0 aromatic heterocycles. The normalized spacial score (nSPS) is 17.0. The summed E-state index contributed by atoms with van der Waals surface area (Å²) in [5.74, 6) is 0. The molecule has 0 amide bonds. The molecule has 2 unspecified atom stereocenters. The first kappa shape index (κ1) is 20.0. The maximum Gasteiger partial charge on any atom is 0.133 e. The molecule has 5 nitrogen and oxygen atoms in total. The molecular formula is C25H27N5. The molecule has 3 aromatic carbocycles. The molecule has 1 aliphatic rings. The first-order chi connectivity index (χ1) is 14.8. The zero-order valence-electron chi connectivity index (χ0n) is 16.8. The zero-order chi connectivity index (χ0) is 20.6. The summed E-state index contributed by atoms with van der Waals surface area (Å²) in [6.45, 7) is 1.52. The van der Waals surface area contributed by atoms with E-state index in [1.807, 2.05) is 36.7 Å². The van der Waals surface area contributed by atoms with Crippen LogP contribution in [0.25, 0.3) is 11.1 Å². The van der Waals surface area contributed by atoms with Crippen LogP contribution in [0.15, 0.2) is 96.1 Å². The number of nitrogens with zero attached hydrogens (tertiary/aromatic N) is 1. The Bertz CT molecular complexity index is 978. The van der Waals surface area contributed by atoms with Crippen LogP contribution in [0.4, 0.5) is 0 Å². The highest BCUT2D eigenvalue weighted by Gasteiger charge is 2.13. The summed E-state index contributed by atoms with van der Waals surface area (Å²) in [6, 6.07) is 27.1. The van der Waals surface area contributed by atoms with E-state index in [1.165, 1.54) is 11.1 Å². The van der Waals surface area contributed by atoms with Crippen LogP contribution in [-0.4, -0.2) is 19.0 Å². The molecule has 0 radical (unpaired) electrons. The Morgan fingerprint density at radius 3 is 2.33 bits per heavy atom. The van der Waals surface area contributed by atoms with Crippen molar-refractivity contribution < 1.29 is 0 Å². The van der Waals surface area contributed by atoms with E-state index in [1.54, 1.807) is 0 Å². The number of hydrogen-bond donors (Lipinski definition) is 4. The number of aliphatic imine (C=N–C) groups is 1. The summed E-state index contributed by atoms with van der Waals surface area (Å²) in [7, 11) is 0. The van der Waals surface area contributed by atoms with E-state index >= 15 is 0 Å². The van der Waals surface area contributed by atoms with Gasteiger partial charge < -0.3 is 11.1 Å². The molecule has 1 heterocycles. The molecule has 0 aliphatic carbocycles. The van der Waals surface area contributed by atoms with Gasteiger partial charge in [0.15, 0.2) is 0 Å². The van der Waals surface area contributed by atoms with Gasteiger partial charge in [0.25, 0.3) is 0 Å². The Hall–Kier alpha value is -3.25. The fourth-order valence-corrected chi connectivity index (χ4v) is 3.34. The minimum Gasteiger partial charge on any atom is -0.364 e. The average molecular weight is 398 g/mol. The molecule has 152 valence electrons. The maximum atomic E-state index is 6.29. The predicted molar refractivity (Wildman–Crippen MR) is 124 cm³/mol. The van der Waals surface area contributed by atoms with E-state index < -0.39 is 0 Å². The van der Waals surface area contributed by atoms with Gasteiger partial charge in [-0.3, -0.25) is 15.6 Å². The number of benzene rings is 3. The Labute approximate surface area is 177 Å². The number of rotatable bonds is 7. The van der Waals surface area contributed by atoms with Crippen molar-refractivity contribution in [2.45, 2.75) is 19.0 Å². The summed E-state index contributed by atoms with van der Waals surface area (Å²) < 4.78 is 0. The van der Waals surface area contributed by atoms with E-state index in [2.05, 4.69) is 81.6 Å². The molecule has 2 atom stereocenters. The molecule has 1 aliphatic heterocycles. The van der Waals surface area contributed by atoms with Crippen molar-refractivity contribution in [2.75, 3.05) is 6.54 Å². The van der Waals surface area contributed by atoms with Crippen molar-refractivity contribution in [3.8, 4) is 11.1 Å². The fourth-order valence-electron chi connectivity index (χ4n) is 3.34. The van der Waals surface area contributed by atoms with Crippen LogP contribution in [0, 0.1) is 0 Å². The number of nitrogens with two attached hydrogens (primary N) is 1. The Balaban J connectivity index is 1.35. The molecule has 4 rings (SSSR count). The third-order valence-corrected chi connectivity index (χ3v) is 5.04. The van der Waals surface area contributed by atoms with E-state index in [4.69, 9.17) is 5.73 Å². The molecule has 0 saturated heterocycles. The molecule has 3 aromatic rings. The highest BCUT2D eigenvalue weighted by Crippen LogP contribution is 2.21. The van der Waals surface area contributed by atoms with E-state index in [9.17, 15) is 0 Å². The van der Waals surface area contributed by atoms with Crippen LogP contribution in [-0.2, 0) is 6.54 Å². The molecule has 0 saturated carbocycles. The smallest absolute Gasteiger partial charge is 0.133 e. The van der Waals surface area contributed by atoms with Crippen LogP contribution >= 0.6 is 0 Å². The van der Waals surface area contributed by atoms with Crippen LogP contribution in [0.1, 0.15) is 22.9 Å². The van der Waals surface area contributed by atoms with Crippen molar-refractivity contribution in [1.82, 2.24) is 16.0 Å². The monoisotopic (exact) mass is 397 g/mol. The molecular weight excluding hydrogens is 370 g/mol. The van der Waals surface area contributed by atoms with Gasteiger partial charge in [0.1, 0.15) is 6.29 Å². The molecule has 0 bridgehead atoms. The fraction of sp³-hybridized carbons (Fsp3) is 0.160. The molecule has 0 spiro atoms. The van der Waals surface area contributed by atoms with E-state index in [-0.39, 0.29) is 12.5 Å². The molecule has 30 heavy (non-hydrogen) atoms. The third-order valence-electron chi connectivity index (χ3n) is 5.04. The van der Waals surface area contributed by atoms with Gasteiger partial charge in [-0.2, -0.15) is 0 Å². The lowest BCUT2D eigenvalue weighted by atomic mass is 10.0. The van der Waals surface area contributed by atoms with Crippen LogP contribution in [0.5, 0.6) is 0 Å². The van der Waals surface area contributed by atoms with Gasteiger partial charge in [-0.1, -0.05) is 84.9 Å². The van der Waals surface area contributed by atoms with Crippen molar-refractivity contribution in [3.05, 3.63) is 108 Å². The van der Waals surface area contributed by atoms with Gasteiger partial charge in [0, 0.05) is 12.8 Å². The largest absolute Gasteiger partial charge is 0.364 e. The number of hydrogen-bond acceptors (Lipinski definition) is 5. The van der Waals surface area contributed by atoms with Gasteiger partial charge in [0.2, 0.25) is 0 Å². The lowest BCUT2D eigenvalue weighted by molar-refractivity contribution is 0.350. The Morgan fingerprint density at radius 2 is 1.67 bits per heavy atom. The van der Waals surface area contributed by atoms with E-state index in [0.717, 1.165) is 23.2 Å². The Morgan fingerprint density at radius 1 is 0.967 bits per heavy atom. The number of nitrogens with one attached hydrogen (secondary N) is 3. The standard InChI is InChI=1S/C25H27N5/c26-24(30-25-28-15-4-16-29-25)23-13-11-22(12-14-23)21-9-7-20(8-10-21)18-27-17-19-5-2-1-3-6-19/h1-15,18,24-25,28-30H,16-17,26H2. The van der Waals surface area contributed by atoms with Gasteiger partial charge >= 0.3 is 0 Å². The first-order valence-electron chi connectivity index (χ1n) is 10.2. The third kappa shape index (κ3) is 5.42. The zero-order valence-corrected chi connectivity index (χ0v) is 16.8. The lowest BCUT2D eigenvalue weighted by Crippen LogP contribution is -2.55. The summed E-state index contributed by atoms with van der Waals surface area (Å²) in [6.07, 6.45) is 5.60. The Kier molecular flexibility index (Phi) is 6.67. The van der Waals surface area contributed by atoms with Crippen LogP contribution in [0.2, 0.25) is 0 Å². The SMILES string of the molecule is NC(NC1NC=CCN1)c1ccc(-c2ccc(C=NCc3ccccc3)cc2)cc1. The van der Waals surface area contributed by atoms with Gasteiger partial charge in [0.05, 0.1) is 12.7 Å². The van der Waals surface area contributed by atoms with Gasteiger partial charge in [-0.15, -0.1) is 0 Å². The van der Waals surface area contributed by atoms with Crippen molar-refractivity contribution in [1.29, 1.82) is 0 Å². The summed E-state index contributed by atoms with van der Waals surface area (Å²) in [4.78, 5) is 4.53. The van der Waals surface area contributed by atoms with Crippen molar-refractivity contribution >= 4 is 6.21 Å². The second-order valence-electron chi connectivity index (χ2n) is 7.25. The average Bonchev–Trinajstić information content (AvgIpc) is 2.81. The summed E-state index contributed by atoms with van der Waals surface area (Å²) >= 11 is 0. The second-order valence-corrected chi connectivity index (χ2v) is 7.25. The topological polar surface area (TPSA) is 74.5 Å². The summed E-state index contributed by atoms with van der Waals surface area (Å²) in [5, 5.41) is 9.80. The van der Waals surface area contributed by atoms with Gasteiger partial charge in [-0.25, -0.2) is 0 Å². The van der Waals surface area contributed by atoms with Crippen molar-refractivity contribution in [2.24, 2.45) is 10.7 Å². The van der Waals surface area contributed by atoms with Gasteiger partial charge in [-0.05, 0) is 34.0 Å². The van der Waals surface area contributed by atoms with Crippen LogP contribution in [0.3, 0.4) is 0 Å². The first-order valence-corrected chi connectivity index (χ1v) is 10.2. The molecule has 0 fully saturated rings. The van der Waals surface area contributed by atoms with E-state index in [0.29, 0.717) is 6.54 Å². The lowest BCUT2D eigenvalue weighted by Gasteiger charge is -2.26. The maximum absolute atomic E-state index is 6.29.